The van der Waals surface area contributed by atoms with Crippen LogP contribution in [0.1, 0.15) is 37.7 Å². The maximum Gasteiger partial charge on any atom is 0.162 e. The van der Waals surface area contributed by atoms with Crippen molar-refractivity contribution in [2.24, 2.45) is 5.73 Å². The number of rotatable bonds is 4. The molecule has 1 aliphatic heterocycles. The summed E-state index contributed by atoms with van der Waals surface area (Å²) in [5.41, 5.74) is 7.55. The molecule has 0 aromatic heterocycles. The Bertz CT molecular complexity index is 465. The summed E-state index contributed by atoms with van der Waals surface area (Å²) in [6.45, 7) is 1.31. The normalized spacial score (nSPS) is 22.1. The molecule has 0 radical (unpaired) electrons. The summed E-state index contributed by atoms with van der Waals surface area (Å²) in [5.74, 6) is 1.55. The van der Waals surface area contributed by atoms with Crippen molar-refractivity contribution in [3.63, 3.8) is 0 Å². The van der Waals surface area contributed by atoms with E-state index in [1.807, 2.05) is 6.07 Å². The molecule has 20 heavy (non-hydrogen) atoms. The van der Waals surface area contributed by atoms with Gasteiger partial charge in [-0.15, -0.1) is 0 Å². The van der Waals surface area contributed by atoms with Gasteiger partial charge in [0, 0.05) is 5.54 Å². The van der Waals surface area contributed by atoms with Gasteiger partial charge in [-0.2, -0.15) is 0 Å². The molecule has 1 aliphatic carbocycles. The third-order valence-electron chi connectivity index (χ3n) is 4.39. The van der Waals surface area contributed by atoms with Gasteiger partial charge in [-0.1, -0.05) is 25.3 Å². The topological polar surface area (TPSA) is 53.7 Å². The second-order valence-corrected chi connectivity index (χ2v) is 5.86. The van der Waals surface area contributed by atoms with Crippen LogP contribution in [0.4, 0.5) is 0 Å². The van der Waals surface area contributed by atoms with Crippen molar-refractivity contribution in [1.29, 1.82) is 0 Å². The highest BCUT2D eigenvalue weighted by molar-refractivity contribution is 5.45. The van der Waals surface area contributed by atoms with Gasteiger partial charge in [0.15, 0.2) is 11.5 Å². The minimum Gasteiger partial charge on any atom is -0.493 e. The fourth-order valence-corrected chi connectivity index (χ4v) is 3.01. The van der Waals surface area contributed by atoms with Crippen molar-refractivity contribution < 1.29 is 14.2 Å². The lowest BCUT2D eigenvalue weighted by atomic mass is 9.77. The Morgan fingerprint density at radius 3 is 2.50 bits per heavy atom. The Kier molecular flexibility index (Phi) is 3.85. The maximum atomic E-state index is 6.60. The lowest BCUT2D eigenvalue weighted by Gasteiger charge is -2.35. The van der Waals surface area contributed by atoms with Crippen LogP contribution in [0.15, 0.2) is 18.2 Å². The van der Waals surface area contributed by atoms with Crippen molar-refractivity contribution in [2.75, 3.05) is 20.3 Å². The third kappa shape index (κ3) is 2.63. The van der Waals surface area contributed by atoms with Gasteiger partial charge in [-0.3, -0.25) is 0 Å². The van der Waals surface area contributed by atoms with Gasteiger partial charge in [0.1, 0.15) is 6.10 Å². The maximum absolute atomic E-state index is 6.60. The second-order valence-electron chi connectivity index (χ2n) is 5.86. The molecular weight excluding hydrogens is 254 g/mol. The van der Waals surface area contributed by atoms with E-state index < -0.39 is 0 Å². The van der Waals surface area contributed by atoms with Gasteiger partial charge in [0.05, 0.1) is 20.3 Å². The highest BCUT2D eigenvalue weighted by Gasteiger charge is 2.31. The third-order valence-corrected chi connectivity index (χ3v) is 4.39. The van der Waals surface area contributed by atoms with Crippen LogP contribution in [0.25, 0.3) is 0 Å². The number of nitrogens with two attached hydrogens (primary N) is 1. The predicted octanol–water partition coefficient (Wildman–Crippen LogP) is 2.59. The van der Waals surface area contributed by atoms with Crippen LogP contribution in [0, 0.1) is 0 Å². The molecule has 0 bridgehead atoms. The molecule has 0 unspecified atom stereocenters. The standard InChI is InChI=1S/C16H23NO3/c1-18-14-6-5-12(16(17)7-3-2-4-8-16)9-15(14)20-13-10-19-11-13/h5-6,9,13H,2-4,7-8,10-11,17H2,1H3. The van der Waals surface area contributed by atoms with E-state index in [4.69, 9.17) is 19.9 Å². The van der Waals surface area contributed by atoms with E-state index in [1.54, 1.807) is 7.11 Å². The molecule has 4 heteroatoms. The highest BCUT2D eigenvalue weighted by atomic mass is 16.6. The molecule has 0 atom stereocenters. The van der Waals surface area contributed by atoms with E-state index in [0.717, 1.165) is 29.9 Å². The molecule has 4 nitrogen and oxygen atoms in total. The van der Waals surface area contributed by atoms with E-state index in [1.165, 1.54) is 19.3 Å². The molecule has 1 aromatic carbocycles. The molecule has 2 N–H and O–H groups in total. The molecule has 0 spiro atoms. The van der Waals surface area contributed by atoms with Crippen LogP contribution >= 0.6 is 0 Å². The van der Waals surface area contributed by atoms with Crippen LogP contribution in [0.2, 0.25) is 0 Å². The van der Waals surface area contributed by atoms with Crippen LogP contribution in [-0.4, -0.2) is 26.4 Å². The highest BCUT2D eigenvalue weighted by Crippen LogP contribution is 2.39. The molecule has 1 saturated carbocycles. The first kappa shape index (κ1) is 13.7. The van der Waals surface area contributed by atoms with Crippen molar-refractivity contribution in [3.05, 3.63) is 23.8 Å². The predicted molar refractivity (Wildman–Crippen MR) is 77.2 cm³/mol. The van der Waals surface area contributed by atoms with E-state index in [9.17, 15) is 0 Å². The summed E-state index contributed by atoms with van der Waals surface area (Å²) >= 11 is 0. The summed E-state index contributed by atoms with van der Waals surface area (Å²) in [7, 11) is 1.66. The van der Waals surface area contributed by atoms with Gasteiger partial charge >= 0.3 is 0 Å². The first-order valence-corrected chi connectivity index (χ1v) is 7.43. The van der Waals surface area contributed by atoms with Gasteiger partial charge in [-0.25, -0.2) is 0 Å². The minimum atomic E-state index is -0.210. The lowest BCUT2D eigenvalue weighted by molar-refractivity contribution is -0.0804. The molecule has 110 valence electrons. The molecular formula is C16H23NO3. The van der Waals surface area contributed by atoms with Gasteiger partial charge in [0.2, 0.25) is 0 Å². The molecule has 1 aromatic rings. The SMILES string of the molecule is COc1ccc(C2(N)CCCCC2)cc1OC1COC1. The van der Waals surface area contributed by atoms with Gasteiger partial charge in [-0.05, 0) is 30.5 Å². The fraction of sp³-hybridized carbons (Fsp3) is 0.625. The number of ether oxygens (including phenoxy) is 3. The Morgan fingerprint density at radius 2 is 1.90 bits per heavy atom. The molecule has 2 aliphatic rings. The minimum absolute atomic E-state index is 0.138. The van der Waals surface area contributed by atoms with E-state index in [0.29, 0.717) is 13.2 Å². The van der Waals surface area contributed by atoms with Crippen molar-refractivity contribution in [2.45, 2.75) is 43.7 Å². The zero-order chi connectivity index (χ0) is 14.0. The number of hydrogen-bond acceptors (Lipinski definition) is 4. The number of benzene rings is 1. The van der Waals surface area contributed by atoms with Crippen molar-refractivity contribution in [3.8, 4) is 11.5 Å². The zero-order valence-electron chi connectivity index (χ0n) is 12.1. The smallest absolute Gasteiger partial charge is 0.162 e. The van der Waals surface area contributed by atoms with Crippen molar-refractivity contribution >= 4 is 0 Å². The Morgan fingerprint density at radius 1 is 1.15 bits per heavy atom. The van der Waals surface area contributed by atoms with E-state index in [2.05, 4.69) is 12.1 Å². The quantitative estimate of drug-likeness (QED) is 0.919. The number of methoxy groups -OCH3 is 1. The average Bonchev–Trinajstić information content (AvgIpc) is 2.43. The zero-order valence-corrected chi connectivity index (χ0v) is 12.1. The Hall–Kier alpha value is -1.26. The summed E-state index contributed by atoms with van der Waals surface area (Å²) in [4.78, 5) is 0. The molecule has 2 fully saturated rings. The first-order chi connectivity index (χ1) is 9.71. The summed E-state index contributed by atoms with van der Waals surface area (Å²) < 4.78 is 16.5. The lowest BCUT2D eigenvalue weighted by Crippen LogP contribution is -2.40. The molecule has 1 heterocycles. The Labute approximate surface area is 120 Å². The fourth-order valence-electron chi connectivity index (χ4n) is 3.01. The van der Waals surface area contributed by atoms with Crippen LogP contribution in [0.3, 0.4) is 0 Å². The summed E-state index contributed by atoms with van der Waals surface area (Å²) in [6.07, 6.45) is 5.93. The van der Waals surface area contributed by atoms with Gasteiger partial charge in [0.25, 0.3) is 0 Å². The monoisotopic (exact) mass is 277 g/mol. The molecule has 0 amide bonds. The van der Waals surface area contributed by atoms with Crippen LogP contribution in [0.5, 0.6) is 11.5 Å². The average molecular weight is 277 g/mol. The Balaban J connectivity index is 1.85. The van der Waals surface area contributed by atoms with Crippen molar-refractivity contribution in [1.82, 2.24) is 0 Å². The summed E-state index contributed by atoms with van der Waals surface area (Å²) in [6, 6.07) is 6.10. The molecule has 1 saturated heterocycles. The summed E-state index contributed by atoms with van der Waals surface area (Å²) in [5, 5.41) is 0. The van der Waals surface area contributed by atoms with E-state index >= 15 is 0 Å². The van der Waals surface area contributed by atoms with Gasteiger partial charge < -0.3 is 19.9 Å². The van der Waals surface area contributed by atoms with Crippen LogP contribution < -0.4 is 15.2 Å². The number of hydrogen-bond donors (Lipinski definition) is 1. The van der Waals surface area contributed by atoms with Crippen LogP contribution in [-0.2, 0) is 10.3 Å². The molecule has 3 rings (SSSR count). The first-order valence-electron chi connectivity index (χ1n) is 7.43. The largest absolute Gasteiger partial charge is 0.493 e. The second kappa shape index (κ2) is 5.62. The van der Waals surface area contributed by atoms with E-state index in [-0.39, 0.29) is 11.6 Å².